The van der Waals surface area contributed by atoms with Crippen LogP contribution in [0.5, 0.6) is 0 Å². The van der Waals surface area contributed by atoms with Gasteiger partial charge >= 0.3 is 11.9 Å². The van der Waals surface area contributed by atoms with Gasteiger partial charge in [0.25, 0.3) is 0 Å². The Kier molecular flexibility index (Phi) is 41.9. The molecule has 0 radical (unpaired) electrons. The molecule has 374 valence electrons. The van der Waals surface area contributed by atoms with Gasteiger partial charge in [0.15, 0.2) is 12.4 Å². The lowest BCUT2D eigenvalue weighted by atomic mass is 9.99. The Hall–Kier alpha value is -2.08. The van der Waals surface area contributed by atoms with Crippen LogP contribution in [0.1, 0.15) is 239 Å². The number of hydrogen-bond acceptors (Lipinski definition) is 10. The molecule has 1 saturated heterocycles. The summed E-state index contributed by atoms with van der Waals surface area (Å²) in [6.45, 7) is 3.42. The van der Waals surface area contributed by atoms with Crippen molar-refractivity contribution < 1.29 is 49.0 Å². The van der Waals surface area contributed by atoms with Crippen molar-refractivity contribution in [2.75, 3.05) is 19.8 Å². The molecular formula is C54H98O10. The molecule has 1 aliphatic heterocycles. The smallest absolute Gasteiger partial charge is 0.306 e. The van der Waals surface area contributed by atoms with E-state index >= 15 is 0 Å². The van der Waals surface area contributed by atoms with E-state index in [0.717, 1.165) is 57.8 Å². The van der Waals surface area contributed by atoms with Gasteiger partial charge in [-0.1, -0.05) is 192 Å². The van der Waals surface area contributed by atoms with Crippen LogP contribution < -0.4 is 0 Å². The largest absolute Gasteiger partial charge is 0.462 e. The second kappa shape index (κ2) is 44.7. The summed E-state index contributed by atoms with van der Waals surface area (Å²) in [6.07, 6.45) is 45.8. The van der Waals surface area contributed by atoms with E-state index in [1.165, 1.54) is 148 Å². The molecule has 4 N–H and O–H groups in total. The van der Waals surface area contributed by atoms with Crippen molar-refractivity contribution in [3.05, 3.63) is 36.5 Å². The molecule has 0 amide bonds. The molecule has 0 aromatic carbocycles. The molecule has 10 heteroatoms. The van der Waals surface area contributed by atoms with Crippen molar-refractivity contribution in [2.45, 2.75) is 275 Å². The first-order valence-electron chi connectivity index (χ1n) is 26.6. The summed E-state index contributed by atoms with van der Waals surface area (Å²) >= 11 is 0. The molecule has 10 nitrogen and oxygen atoms in total. The molecule has 1 fully saturated rings. The Morgan fingerprint density at radius 1 is 0.484 bits per heavy atom. The molecule has 0 saturated carbocycles. The highest BCUT2D eigenvalue weighted by Crippen LogP contribution is 2.23. The highest BCUT2D eigenvalue weighted by Gasteiger charge is 2.44. The first-order valence-corrected chi connectivity index (χ1v) is 26.6. The van der Waals surface area contributed by atoms with Crippen molar-refractivity contribution >= 4 is 11.9 Å². The maximum Gasteiger partial charge on any atom is 0.306 e. The van der Waals surface area contributed by atoms with Crippen molar-refractivity contribution in [2.24, 2.45) is 0 Å². The first-order chi connectivity index (χ1) is 31.3. The summed E-state index contributed by atoms with van der Waals surface area (Å²) in [5, 5.41) is 40.2. The fourth-order valence-corrected chi connectivity index (χ4v) is 8.04. The zero-order chi connectivity index (χ0) is 46.6. The van der Waals surface area contributed by atoms with Gasteiger partial charge in [0, 0.05) is 12.8 Å². The highest BCUT2D eigenvalue weighted by atomic mass is 16.7. The van der Waals surface area contributed by atoms with E-state index in [0.29, 0.717) is 6.42 Å². The number of hydrogen-bond donors (Lipinski definition) is 4. The van der Waals surface area contributed by atoms with Crippen LogP contribution in [-0.2, 0) is 28.5 Å². The van der Waals surface area contributed by atoms with Gasteiger partial charge < -0.3 is 39.4 Å². The fourth-order valence-electron chi connectivity index (χ4n) is 8.04. The summed E-state index contributed by atoms with van der Waals surface area (Å²) in [5.41, 5.74) is 0. The van der Waals surface area contributed by atoms with Crippen LogP contribution in [0.15, 0.2) is 36.5 Å². The second-order valence-electron chi connectivity index (χ2n) is 18.3. The maximum atomic E-state index is 12.8. The Morgan fingerprint density at radius 3 is 1.33 bits per heavy atom. The predicted octanol–water partition coefficient (Wildman–Crippen LogP) is 12.6. The summed E-state index contributed by atoms with van der Waals surface area (Å²) in [4.78, 5) is 25.5. The van der Waals surface area contributed by atoms with Gasteiger partial charge in [0.05, 0.1) is 13.2 Å². The van der Waals surface area contributed by atoms with Gasteiger partial charge in [-0.05, 0) is 70.6 Å². The standard InChI is InChI=1S/C54H98O10/c1-3-5-7-9-11-13-15-17-19-21-22-23-24-25-26-27-29-30-32-34-36-38-40-42-49(56)61-45-47(46-62-54-53(60)52(59)51(58)48(44-55)64-54)63-50(57)43-41-39-37-35-33-31-28-20-18-16-14-12-10-8-6-4-2/h14,16,20-22,28,47-48,51-55,58-60H,3-13,15,17-19,23-27,29-46H2,1-2H3/b16-14-,22-21-,28-20-. The Bertz CT molecular complexity index is 1140. The summed E-state index contributed by atoms with van der Waals surface area (Å²) < 4.78 is 22.2. The molecule has 0 aromatic rings. The maximum absolute atomic E-state index is 12.8. The number of aliphatic hydroxyl groups is 4. The lowest BCUT2D eigenvalue weighted by Crippen LogP contribution is -2.59. The molecular weight excluding hydrogens is 809 g/mol. The molecule has 0 bridgehead atoms. The van der Waals surface area contributed by atoms with Crippen molar-refractivity contribution in [3.63, 3.8) is 0 Å². The summed E-state index contributed by atoms with van der Waals surface area (Å²) in [7, 11) is 0. The van der Waals surface area contributed by atoms with Crippen LogP contribution in [-0.4, -0.2) is 89.0 Å². The fraction of sp³-hybridized carbons (Fsp3) is 0.852. The second-order valence-corrected chi connectivity index (χ2v) is 18.3. The monoisotopic (exact) mass is 907 g/mol. The van der Waals surface area contributed by atoms with Crippen LogP contribution in [0.4, 0.5) is 0 Å². The average molecular weight is 907 g/mol. The number of allylic oxidation sites excluding steroid dienone is 6. The number of carbonyl (C=O) groups excluding carboxylic acids is 2. The lowest BCUT2D eigenvalue weighted by Gasteiger charge is -2.39. The SMILES string of the molecule is CCCCCC/C=C\C/C=C\CCCCCCCC(=O)OC(COC(=O)CCCCCCCCCCCCC/C=C\CCCCCCCCCC)COC1OC(CO)C(O)C(O)C1O. The average Bonchev–Trinajstić information content (AvgIpc) is 3.29. The third-order valence-corrected chi connectivity index (χ3v) is 12.2. The quantitative estimate of drug-likeness (QED) is 0.0264. The topological polar surface area (TPSA) is 152 Å². The van der Waals surface area contributed by atoms with Crippen LogP contribution >= 0.6 is 0 Å². The first kappa shape index (κ1) is 59.9. The Labute approximate surface area is 391 Å². The molecule has 6 unspecified atom stereocenters. The number of rotatable bonds is 45. The number of aliphatic hydroxyl groups excluding tert-OH is 4. The molecule has 6 atom stereocenters. The number of unbranched alkanes of at least 4 members (excludes halogenated alkanes) is 28. The van der Waals surface area contributed by atoms with E-state index in [1.807, 2.05) is 0 Å². The zero-order valence-electron chi connectivity index (χ0n) is 41.0. The minimum atomic E-state index is -1.60. The predicted molar refractivity (Wildman–Crippen MR) is 261 cm³/mol. The molecule has 0 aliphatic carbocycles. The van der Waals surface area contributed by atoms with Gasteiger partial charge in [-0.15, -0.1) is 0 Å². The molecule has 0 spiro atoms. The van der Waals surface area contributed by atoms with E-state index in [-0.39, 0.29) is 32.0 Å². The normalized spacial score (nSPS) is 19.6. The van der Waals surface area contributed by atoms with E-state index in [2.05, 4.69) is 50.3 Å². The number of carbonyl (C=O) groups is 2. The molecule has 1 heterocycles. The highest BCUT2D eigenvalue weighted by molar-refractivity contribution is 5.70. The third kappa shape index (κ3) is 35.2. The minimum absolute atomic E-state index is 0.215. The van der Waals surface area contributed by atoms with Crippen LogP contribution in [0.2, 0.25) is 0 Å². The van der Waals surface area contributed by atoms with E-state index in [1.54, 1.807) is 0 Å². The van der Waals surface area contributed by atoms with Gasteiger partial charge in [0.1, 0.15) is 31.0 Å². The van der Waals surface area contributed by atoms with Crippen LogP contribution in [0.3, 0.4) is 0 Å². The van der Waals surface area contributed by atoms with E-state index in [4.69, 9.17) is 18.9 Å². The minimum Gasteiger partial charge on any atom is -0.462 e. The molecule has 0 aromatic heterocycles. The van der Waals surface area contributed by atoms with E-state index < -0.39 is 49.4 Å². The van der Waals surface area contributed by atoms with Crippen LogP contribution in [0, 0.1) is 0 Å². The van der Waals surface area contributed by atoms with Crippen LogP contribution in [0.25, 0.3) is 0 Å². The number of esters is 2. The van der Waals surface area contributed by atoms with Gasteiger partial charge in [0.2, 0.25) is 0 Å². The Morgan fingerprint density at radius 2 is 0.875 bits per heavy atom. The summed E-state index contributed by atoms with van der Waals surface area (Å²) in [5.74, 6) is -0.816. The molecule has 1 aliphatic rings. The summed E-state index contributed by atoms with van der Waals surface area (Å²) in [6, 6.07) is 0. The van der Waals surface area contributed by atoms with Crippen molar-refractivity contribution in [1.29, 1.82) is 0 Å². The molecule has 1 rings (SSSR count). The van der Waals surface area contributed by atoms with E-state index in [9.17, 15) is 30.0 Å². The Balaban J connectivity index is 2.23. The van der Waals surface area contributed by atoms with Gasteiger partial charge in [-0.25, -0.2) is 0 Å². The lowest BCUT2D eigenvalue weighted by molar-refractivity contribution is -0.305. The zero-order valence-corrected chi connectivity index (χ0v) is 41.0. The number of ether oxygens (including phenoxy) is 4. The van der Waals surface area contributed by atoms with Gasteiger partial charge in [-0.2, -0.15) is 0 Å². The van der Waals surface area contributed by atoms with Gasteiger partial charge in [-0.3, -0.25) is 9.59 Å². The van der Waals surface area contributed by atoms with Crippen molar-refractivity contribution in [3.8, 4) is 0 Å². The van der Waals surface area contributed by atoms with Crippen molar-refractivity contribution in [1.82, 2.24) is 0 Å². The molecule has 64 heavy (non-hydrogen) atoms. The third-order valence-electron chi connectivity index (χ3n) is 12.2.